The fraction of sp³-hybridized carbons (Fsp3) is 0.785. The standard InChI is InChI=1S/C65H119N2O7P/c1-7-10-13-16-19-22-25-27-29-30-31-32-33-34-35-36-38-40-43-46-49-52-55-58-65(69)74-63(56-53-50-47-44-41-24-21-18-15-12-9-3)62(61-73-75(70,71)72-60-59-67(4,5)6)66-64(68)57-54-51-48-45-42-39-37-28-26-23-20-17-14-11-8-2/h10,13,19,22,27,29,31-32,34-35,53,56,62-63H,7-9,11-12,14-18,20-21,23-26,28,30,33,36-52,54-55,57-61H2,1-6H3,(H-,66,68,70,71)/b13-10-,22-19-,29-27-,32-31-,35-34-,56-53+. The summed E-state index contributed by atoms with van der Waals surface area (Å²) in [6.07, 6.45) is 70.1. The summed E-state index contributed by atoms with van der Waals surface area (Å²) in [5.74, 6) is -0.549. The monoisotopic (exact) mass is 1070 g/mol. The Labute approximate surface area is 463 Å². The zero-order chi connectivity index (χ0) is 55.0. The molecule has 0 bridgehead atoms. The van der Waals surface area contributed by atoms with Crippen LogP contribution in [0.15, 0.2) is 72.9 Å². The first-order valence-electron chi connectivity index (χ1n) is 31.2. The molecule has 9 nitrogen and oxygen atoms in total. The molecule has 0 aliphatic heterocycles. The van der Waals surface area contributed by atoms with Gasteiger partial charge >= 0.3 is 5.97 Å². The minimum absolute atomic E-state index is 0.0251. The summed E-state index contributed by atoms with van der Waals surface area (Å²) in [5.41, 5.74) is 0. The van der Waals surface area contributed by atoms with Gasteiger partial charge in [-0.25, -0.2) is 0 Å². The van der Waals surface area contributed by atoms with Gasteiger partial charge in [-0.1, -0.05) is 261 Å². The van der Waals surface area contributed by atoms with Gasteiger partial charge in [-0.2, -0.15) is 0 Å². The Hall–Kier alpha value is -2.55. The summed E-state index contributed by atoms with van der Waals surface area (Å²) in [4.78, 5) is 40.0. The van der Waals surface area contributed by atoms with Gasteiger partial charge in [0, 0.05) is 12.8 Å². The van der Waals surface area contributed by atoms with E-state index in [1.807, 2.05) is 33.3 Å². The van der Waals surface area contributed by atoms with Gasteiger partial charge in [0.1, 0.15) is 19.3 Å². The van der Waals surface area contributed by atoms with Crippen molar-refractivity contribution in [2.75, 3.05) is 40.9 Å². The number of esters is 1. The van der Waals surface area contributed by atoms with Gasteiger partial charge in [0.05, 0.1) is 33.8 Å². The molecule has 1 N–H and O–H groups in total. The molecule has 1 amide bonds. The van der Waals surface area contributed by atoms with Crippen LogP contribution in [0.2, 0.25) is 0 Å². The molecule has 0 aromatic carbocycles. The maximum atomic E-state index is 13.5. The predicted octanol–water partition coefficient (Wildman–Crippen LogP) is 18.6. The van der Waals surface area contributed by atoms with Crippen LogP contribution in [0.25, 0.3) is 0 Å². The van der Waals surface area contributed by atoms with Gasteiger partial charge in [0.15, 0.2) is 0 Å². The van der Waals surface area contributed by atoms with E-state index in [1.165, 1.54) is 141 Å². The quantitative estimate of drug-likeness (QED) is 0.0212. The fourth-order valence-electron chi connectivity index (χ4n) is 8.84. The highest BCUT2D eigenvalue weighted by molar-refractivity contribution is 7.45. The number of quaternary nitrogens is 1. The molecule has 0 aromatic heterocycles. The van der Waals surface area contributed by atoms with Crippen molar-refractivity contribution in [1.82, 2.24) is 5.32 Å². The molecule has 0 saturated heterocycles. The summed E-state index contributed by atoms with van der Waals surface area (Å²) < 4.78 is 30.3. The molecular formula is C65H119N2O7P. The van der Waals surface area contributed by atoms with Crippen LogP contribution >= 0.6 is 7.82 Å². The van der Waals surface area contributed by atoms with E-state index < -0.39 is 26.6 Å². The number of nitrogens with zero attached hydrogens (tertiary/aromatic N) is 1. The second-order valence-electron chi connectivity index (χ2n) is 22.2. The van der Waals surface area contributed by atoms with Crippen LogP contribution in [0, 0.1) is 0 Å². The summed E-state index contributed by atoms with van der Waals surface area (Å²) >= 11 is 0. The molecule has 0 saturated carbocycles. The molecule has 0 fully saturated rings. The first-order chi connectivity index (χ1) is 36.4. The molecule has 0 aromatic rings. The molecule has 0 aliphatic carbocycles. The summed E-state index contributed by atoms with van der Waals surface area (Å²) in [7, 11) is 1.18. The first kappa shape index (κ1) is 72.5. The van der Waals surface area contributed by atoms with Crippen molar-refractivity contribution in [3.05, 3.63) is 72.9 Å². The van der Waals surface area contributed by atoms with Crippen molar-refractivity contribution in [3.63, 3.8) is 0 Å². The zero-order valence-electron chi connectivity index (χ0n) is 49.7. The van der Waals surface area contributed by atoms with Crippen LogP contribution in [0.3, 0.4) is 0 Å². The van der Waals surface area contributed by atoms with E-state index in [4.69, 9.17) is 13.8 Å². The average Bonchev–Trinajstić information content (AvgIpc) is 3.37. The molecular weight excluding hydrogens is 952 g/mol. The van der Waals surface area contributed by atoms with E-state index in [0.717, 1.165) is 103 Å². The number of rotatable bonds is 56. The van der Waals surface area contributed by atoms with Crippen molar-refractivity contribution in [1.29, 1.82) is 0 Å². The molecule has 0 radical (unpaired) electrons. The first-order valence-corrected chi connectivity index (χ1v) is 32.7. The van der Waals surface area contributed by atoms with Crippen LogP contribution < -0.4 is 10.2 Å². The second-order valence-corrected chi connectivity index (χ2v) is 23.6. The highest BCUT2D eigenvalue weighted by atomic mass is 31.2. The van der Waals surface area contributed by atoms with Crippen LogP contribution in [-0.4, -0.2) is 69.4 Å². The third-order valence-electron chi connectivity index (χ3n) is 13.7. The van der Waals surface area contributed by atoms with E-state index in [2.05, 4.69) is 86.8 Å². The lowest BCUT2D eigenvalue weighted by atomic mass is 10.0. The van der Waals surface area contributed by atoms with Crippen LogP contribution in [0.1, 0.15) is 278 Å². The number of unbranched alkanes of at least 4 members (excludes halogenated alkanes) is 30. The third-order valence-corrected chi connectivity index (χ3v) is 14.6. The minimum Gasteiger partial charge on any atom is -0.756 e. The van der Waals surface area contributed by atoms with E-state index in [0.29, 0.717) is 17.4 Å². The number of hydrogen-bond donors (Lipinski definition) is 1. The zero-order valence-corrected chi connectivity index (χ0v) is 50.6. The number of phosphoric ester groups is 1. The minimum atomic E-state index is -4.70. The predicted molar refractivity (Wildman–Crippen MR) is 321 cm³/mol. The fourth-order valence-corrected chi connectivity index (χ4v) is 9.57. The highest BCUT2D eigenvalue weighted by Crippen LogP contribution is 2.38. The number of allylic oxidation sites excluding steroid dienone is 11. The lowest BCUT2D eigenvalue weighted by Crippen LogP contribution is -2.47. The lowest BCUT2D eigenvalue weighted by Gasteiger charge is -2.30. The largest absolute Gasteiger partial charge is 0.756 e. The SMILES string of the molecule is CC/C=C\C/C=C\C/C=C\C/C=C\C/C=C\CCCCCCCCCC(=O)OC(/C=C/CCCCCCCCCCC)C(COP(=O)([O-])OCC[N+](C)(C)C)NC(=O)CCCCCCCCCCCCCCCCC. The Morgan fingerprint density at radius 2 is 0.853 bits per heavy atom. The Bertz CT molecular complexity index is 1510. The molecule has 0 spiro atoms. The average molecular weight is 1070 g/mol. The maximum Gasteiger partial charge on any atom is 0.306 e. The summed E-state index contributed by atoms with van der Waals surface area (Å²) in [5, 5.41) is 3.03. The Kier molecular flexibility index (Phi) is 52.9. The number of nitrogens with one attached hydrogen (secondary N) is 1. The number of carbonyl (C=O) groups is 2. The molecule has 3 unspecified atom stereocenters. The van der Waals surface area contributed by atoms with Gasteiger partial charge in [-0.15, -0.1) is 0 Å². The number of hydrogen-bond acceptors (Lipinski definition) is 7. The molecule has 3 atom stereocenters. The molecule has 75 heavy (non-hydrogen) atoms. The third kappa shape index (κ3) is 56.0. The van der Waals surface area contributed by atoms with Crippen molar-refractivity contribution < 1.29 is 37.3 Å². The topological polar surface area (TPSA) is 114 Å². The highest BCUT2D eigenvalue weighted by Gasteiger charge is 2.27. The van der Waals surface area contributed by atoms with Crippen molar-refractivity contribution in [2.24, 2.45) is 0 Å². The van der Waals surface area contributed by atoms with Crippen molar-refractivity contribution in [2.45, 2.75) is 290 Å². The summed E-state index contributed by atoms with van der Waals surface area (Å²) in [6, 6.07) is -0.893. The van der Waals surface area contributed by atoms with E-state index >= 15 is 0 Å². The van der Waals surface area contributed by atoms with Crippen LogP contribution in [0.5, 0.6) is 0 Å². The number of ether oxygens (including phenoxy) is 1. The summed E-state index contributed by atoms with van der Waals surface area (Å²) in [6.45, 7) is 6.73. The Balaban J connectivity index is 5.19. The van der Waals surface area contributed by atoms with Crippen LogP contribution in [-0.2, 0) is 27.9 Å². The van der Waals surface area contributed by atoms with Gasteiger partial charge < -0.3 is 28.5 Å². The van der Waals surface area contributed by atoms with Gasteiger partial charge in [-0.3, -0.25) is 14.2 Å². The van der Waals surface area contributed by atoms with E-state index in [1.54, 1.807) is 0 Å². The smallest absolute Gasteiger partial charge is 0.306 e. The van der Waals surface area contributed by atoms with Gasteiger partial charge in [0.2, 0.25) is 5.91 Å². The van der Waals surface area contributed by atoms with Gasteiger partial charge in [0.25, 0.3) is 7.82 Å². The Morgan fingerprint density at radius 1 is 0.480 bits per heavy atom. The van der Waals surface area contributed by atoms with Crippen LogP contribution in [0.4, 0.5) is 0 Å². The molecule has 436 valence electrons. The Morgan fingerprint density at radius 3 is 1.28 bits per heavy atom. The van der Waals surface area contributed by atoms with E-state index in [-0.39, 0.29) is 24.9 Å². The maximum absolute atomic E-state index is 13.5. The number of amides is 1. The molecule has 0 rings (SSSR count). The number of carbonyl (C=O) groups excluding carboxylic acids is 2. The van der Waals surface area contributed by atoms with Crippen molar-refractivity contribution in [3.8, 4) is 0 Å². The molecule has 0 aliphatic rings. The molecule has 10 heteroatoms. The number of phosphoric acid groups is 1. The van der Waals surface area contributed by atoms with E-state index in [9.17, 15) is 19.0 Å². The lowest BCUT2D eigenvalue weighted by molar-refractivity contribution is -0.870. The van der Waals surface area contributed by atoms with Crippen molar-refractivity contribution >= 4 is 19.7 Å². The second kappa shape index (κ2) is 54.8. The normalized spacial score (nSPS) is 14.2. The molecule has 0 heterocycles. The number of likely N-dealkylation sites (N-methyl/N-ethyl adjacent to an activating group) is 1. The van der Waals surface area contributed by atoms with Gasteiger partial charge in [-0.05, 0) is 76.7 Å².